The van der Waals surface area contributed by atoms with Crippen LogP contribution in [-0.2, 0) is 5.41 Å². The van der Waals surface area contributed by atoms with Gasteiger partial charge in [-0.15, -0.1) is 11.3 Å². The second-order valence-corrected chi connectivity index (χ2v) is 6.57. The smallest absolute Gasteiger partial charge is 0.160 e. The van der Waals surface area contributed by atoms with Crippen molar-refractivity contribution in [3.05, 3.63) is 40.8 Å². The number of hydrogen-bond donors (Lipinski definition) is 0. The number of benzene rings is 1. The maximum Gasteiger partial charge on any atom is 0.160 e. The lowest BCUT2D eigenvalue weighted by Gasteiger charge is -2.23. The SMILES string of the molecule is COc1c(-c2ccc(C=O)s2)cccc1C(C)(C)C. The van der Waals surface area contributed by atoms with Crippen molar-refractivity contribution in [2.24, 2.45) is 0 Å². The average molecular weight is 274 g/mol. The summed E-state index contributed by atoms with van der Waals surface area (Å²) >= 11 is 1.49. The van der Waals surface area contributed by atoms with Crippen LogP contribution in [0.5, 0.6) is 5.75 Å². The Morgan fingerprint density at radius 3 is 2.42 bits per heavy atom. The summed E-state index contributed by atoms with van der Waals surface area (Å²) in [6, 6.07) is 9.98. The molecule has 19 heavy (non-hydrogen) atoms. The molecule has 0 N–H and O–H groups in total. The highest BCUT2D eigenvalue weighted by Gasteiger charge is 2.21. The van der Waals surface area contributed by atoms with E-state index in [1.54, 1.807) is 7.11 Å². The Balaban J connectivity index is 2.60. The maximum absolute atomic E-state index is 10.8. The van der Waals surface area contributed by atoms with E-state index in [9.17, 15) is 4.79 Å². The molecule has 3 heteroatoms. The van der Waals surface area contributed by atoms with Crippen molar-refractivity contribution in [1.29, 1.82) is 0 Å². The van der Waals surface area contributed by atoms with Crippen LogP contribution in [0.25, 0.3) is 10.4 Å². The third kappa shape index (κ3) is 2.71. The van der Waals surface area contributed by atoms with Crippen LogP contribution < -0.4 is 4.74 Å². The highest BCUT2D eigenvalue weighted by atomic mass is 32.1. The molecule has 0 saturated heterocycles. The van der Waals surface area contributed by atoms with Gasteiger partial charge in [-0.05, 0) is 23.6 Å². The summed E-state index contributed by atoms with van der Waals surface area (Å²) in [5.41, 5.74) is 2.24. The van der Waals surface area contributed by atoms with Crippen LogP contribution in [0, 0.1) is 0 Å². The number of rotatable bonds is 3. The molecule has 0 aliphatic heterocycles. The fourth-order valence-electron chi connectivity index (χ4n) is 2.10. The minimum absolute atomic E-state index is 0.0199. The molecule has 1 aromatic heterocycles. The molecule has 0 amide bonds. The molecular weight excluding hydrogens is 256 g/mol. The fourth-order valence-corrected chi connectivity index (χ4v) is 2.95. The van der Waals surface area contributed by atoms with Gasteiger partial charge in [-0.2, -0.15) is 0 Å². The number of ether oxygens (including phenoxy) is 1. The van der Waals surface area contributed by atoms with Crippen molar-refractivity contribution < 1.29 is 9.53 Å². The number of thiophene rings is 1. The molecule has 2 aromatic rings. The van der Waals surface area contributed by atoms with Crippen molar-refractivity contribution in [2.45, 2.75) is 26.2 Å². The Morgan fingerprint density at radius 1 is 1.16 bits per heavy atom. The maximum atomic E-state index is 10.8. The van der Waals surface area contributed by atoms with Gasteiger partial charge in [0.2, 0.25) is 0 Å². The van der Waals surface area contributed by atoms with Crippen molar-refractivity contribution >= 4 is 17.6 Å². The lowest BCUT2D eigenvalue weighted by Crippen LogP contribution is -2.13. The predicted octanol–water partition coefficient (Wildman–Crippen LogP) is 4.53. The van der Waals surface area contributed by atoms with Gasteiger partial charge in [0.25, 0.3) is 0 Å². The van der Waals surface area contributed by atoms with Gasteiger partial charge in [-0.3, -0.25) is 4.79 Å². The predicted molar refractivity (Wildman–Crippen MR) is 80.4 cm³/mol. The monoisotopic (exact) mass is 274 g/mol. The van der Waals surface area contributed by atoms with Gasteiger partial charge in [-0.25, -0.2) is 0 Å². The van der Waals surface area contributed by atoms with Gasteiger partial charge in [0.05, 0.1) is 12.0 Å². The van der Waals surface area contributed by atoms with Gasteiger partial charge in [0.15, 0.2) is 6.29 Å². The minimum atomic E-state index is 0.0199. The third-order valence-corrected chi connectivity index (χ3v) is 4.08. The van der Waals surface area contributed by atoms with Gasteiger partial charge in [0.1, 0.15) is 5.75 Å². The van der Waals surface area contributed by atoms with Gasteiger partial charge < -0.3 is 4.74 Å². The zero-order chi connectivity index (χ0) is 14.0. The van der Waals surface area contributed by atoms with Crippen LogP contribution in [0.15, 0.2) is 30.3 Å². The second kappa shape index (κ2) is 5.17. The number of hydrogen-bond acceptors (Lipinski definition) is 3. The molecule has 2 nitrogen and oxygen atoms in total. The first-order valence-electron chi connectivity index (χ1n) is 6.20. The Bertz CT molecular complexity index is 591. The van der Waals surface area contributed by atoms with Crippen LogP contribution in [0.3, 0.4) is 0 Å². The third-order valence-electron chi connectivity index (χ3n) is 3.04. The first-order chi connectivity index (χ1) is 8.97. The zero-order valence-corrected chi connectivity index (χ0v) is 12.5. The topological polar surface area (TPSA) is 26.3 Å². The molecule has 0 unspecified atom stereocenters. The minimum Gasteiger partial charge on any atom is -0.496 e. The van der Waals surface area contributed by atoms with Crippen molar-refractivity contribution in [1.82, 2.24) is 0 Å². The number of carbonyl (C=O) groups is 1. The lowest BCUT2D eigenvalue weighted by molar-refractivity contribution is 0.112. The molecule has 0 aliphatic rings. The number of methoxy groups -OCH3 is 1. The molecule has 100 valence electrons. The average Bonchev–Trinajstić information content (AvgIpc) is 2.85. The molecule has 1 heterocycles. The Kier molecular flexibility index (Phi) is 3.76. The first-order valence-corrected chi connectivity index (χ1v) is 7.02. The summed E-state index contributed by atoms with van der Waals surface area (Å²) in [5.74, 6) is 0.897. The molecule has 0 spiro atoms. The van der Waals surface area contributed by atoms with Crippen molar-refractivity contribution in [3.8, 4) is 16.2 Å². The summed E-state index contributed by atoms with van der Waals surface area (Å²) in [4.78, 5) is 12.6. The molecular formula is C16H18O2S. The standard InChI is InChI=1S/C16H18O2S/c1-16(2,3)13-7-5-6-12(15(13)18-4)14-9-8-11(10-17)19-14/h5-10H,1-4H3. The van der Waals surface area contributed by atoms with Crippen LogP contribution >= 0.6 is 11.3 Å². The molecule has 0 aliphatic carbocycles. The molecule has 0 fully saturated rings. The van der Waals surface area contributed by atoms with E-state index in [2.05, 4.69) is 26.8 Å². The summed E-state index contributed by atoms with van der Waals surface area (Å²) in [5, 5.41) is 0. The van der Waals surface area contributed by atoms with E-state index in [4.69, 9.17) is 4.74 Å². The molecule has 0 radical (unpaired) electrons. The molecule has 2 rings (SSSR count). The van der Waals surface area contributed by atoms with Gasteiger partial charge in [0, 0.05) is 16.0 Å². The van der Waals surface area contributed by atoms with E-state index < -0.39 is 0 Å². The first kappa shape index (κ1) is 13.8. The quantitative estimate of drug-likeness (QED) is 0.768. The summed E-state index contributed by atoms with van der Waals surface area (Å²) < 4.78 is 5.62. The van der Waals surface area contributed by atoms with E-state index in [-0.39, 0.29) is 5.41 Å². The number of para-hydroxylation sites is 1. The Morgan fingerprint density at radius 2 is 1.89 bits per heavy atom. The van der Waals surface area contributed by atoms with Crippen LogP contribution in [0.2, 0.25) is 0 Å². The van der Waals surface area contributed by atoms with E-state index >= 15 is 0 Å². The zero-order valence-electron chi connectivity index (χ0n) is 11.7. The Labute approximate surface area is 118 Å². The van der Waals surface area contributed by atoms with Gasteiger partial charge >= 0.3 is 0 Å². The summed E-state index contributed by atoms with van der Waals surface area (Å²) in [7, 11) is 1.70. The van der Waals surface area contributed by atoms with Crippen LogP contribution in [0.4, 0.5) is 0 Å². The Hall–Kier alpha value is -1.61. The van der Waals surface area contributed by atoms with E-state index in [0.29, 0.717) is 0 Å². The lowest BCUT2D eigenvalue weighted by atomic mass is 9.85. The highest BCUT2D eigenvalue weighted by molar-refractivity contribution is 7.17. The van der Waals surface area contributed by atoms with E-state index in [1.807, 2.05) is 24.3 Å². The van der Waals surface area contributed by atoms with E-state index in [1.165, 1.54) is 16.9 Å². The largest absolute Gasteiger partial charge is 0.496 e. The summed E-state index contributed by atoms with van der Waals surface area (Å²) in [6.07, 6.45) is 0.883. The van der Waals surface area contributed by atoms with E-state index in [0.717, 1.165) is 27.4 Å². The normalized spacial score (nSPS) is 11.4. The summed E-state index contributed by atoms with van der Waals surface area (Å²) in [6.45, 7) is 6.50. The highest BCUT2D eigenvalue weighted by Crippen LogP contribution is 2.41. The van der Waals surface area contributed by atoms with Crippen molar-refractivity contribution in [3.63, 3.8) is 0 Å². The molecule has 0 bridgehead atoms. The number of aldehydes is 1. The van der Waals surface area contributed by atoms with Crippen molar-refractivity contribution in [2.75, 3.05) is 7.11 Å². The van der Waals surface area contributed by atoms with Gasteiger partial charge in [-0.1, -0.05) is 32.9 Å². The molecule has 1 aromatic carbocycles. The fraction of sp³-hybridized carbons (Fsp3) is 0.312. The second-order valence-electron chi connectivity index (χ2n) is 5.46. The molecule has 0 saturated carbocycles. The number of carbonyl (C=O) groups excluding carboxylic acids is 1. The van der Waals surface area contributed by atoms with Crippen LogP contribution in [0.1, 0.15) is 36.0 Å². The molecule has 0 atom stereocenters. The van der Waals surface area contributed by atoms with Crippen LogP contribution in [-0.4, -0.2) is 13.4 Å².